The molecule has 1 atom stereocenters. The molecule has 1 heterocycles. The van der Waals surface area contributed by atoms with Crippen molar-refractivity contribution < 1.29 is 9.59 Å². The van der Waals surface area contributed by atoms with Crippen molar-refractivity contribution in [3.8, 4) is 0 Å². The second kappa shape index (κ2) is 8.98. The molecule has 0 aliphatic carbocycles. The molecule has 0 aromatic rings. The maximum atomic E-state index is 12.4. The molecule has 2 amide bonds. The summed E-state index contributed by atoms with van der Waals surface area (Å²) in [6.45, 7) is 8.10. The van der Waals surface area contributed by atoms with Crippen LogP contribution in [0.25, 0.3) is 0 Å². The lowest BCUT2D eigenvalue weighted by Gasteiger charge is -2.35. The highest BCUT2D eigenvalue weighted by Crippen LogP contribution is 2.20. The quantitative estimate of drug-likeness (QED) is 0.720. The summed E-state index contributed by atoms with van der Waals surface area (Å²) in [6.07, 6.45) is 7.08. The average molecular weight is 282 g/mol. The Morgan fingerprint density at radius 1 is 1.20 bits per heavy atom. The number of carbonyl (C=O) groups is 2. The summed E-state index contributed by atoms with van der Waals surface area (Å²) in [7, 11) is 0. The number of unbranched alkanes of at least 4 members (excludes halogenated alkanes) is 1. The van der Waals surface area contributed by atoms with Gasteiger partial charge in [-0.1, -0.05) is 20.3 Å². The molecular formula is C16H30N2O2. The average Bonchev–Trinajstić information content (AvgIpc) is 2.46. The number of likely N-dealkylation sites (tertiary alicyclic amines) is 1. The van der Waals surface area contributed by atoms with Crippen LogP contribution in [-0.2, 0) is 9.59 Å². The third-order valence-corrected chi connectivity index (χ3v) is 4.24. The highest BCUT2D eigenvalue weighted by Gasteiger charge is 2.25. The highest BCUT2D eigenvalue weighted by molar-refractivity contribution is 5.78. The molecule has 0 bridgehead atoms. The van der Waals surface area contributed by atoms with Crippen molar-refractivity contribution in [1.29, 1.82) is 0 Å². The van der Waals surface area contributed by atoms with Gasteiger partial charge >= 0.3 is 0 Å². The van der Waals surface area contributed by atoms with Crippen LogP contribution >= 0.6 is 0 Å². The van der Waals surface area contributed by atoms with Crippen molar-refractivity contribution in [2.75, 3.05) is 19.6 Å². The van der Waals surface area contributed by atoms with E-state index < -0.39 is 0 Å². The largest absolute Gasteiger partial charge is 0.342 e. The van der Waals surface area contributed by atoms with Crippen LogP contribution in [0, 0.1) is 0 Å². The molecule has 0 spiro atoms. The van der Waals surface area contributed by atoms with E-state index in [1.165, 1.54) is 6.42 Å². The first-order valence-corrected chi connectivity index (χ1v) is 8.15. The van der Waals surface area contributed by atoms with E-state index >= 15 is 0 Å². The molecule has 0 aromatic heterocycles. The molecule has 4 heteroatoms. The number of rotatable bonds is 7. The first-order chi connectivity index (χ1) is 9.60. The fourth-order valence-corrected chi connectivity index (χ4v) is 2.90. The number of piperidine rings is 1. The maximum Gasteiger partial charge on any atom is 0.224 e. The second-order valence-electron chi connectivity index (χ2n) is 5.75. The lowest BCUT2D eigenvalue weighted by Crippen LogP contribution is -2.44. The Labute approximate surface area is 123 Å². The predicted octanol–water partition coefficient (Wildman–Crippen LogP) is 2.82. The summed E-state index contributed by atoms with van der Waals surface area (Å²) in [4.78, 5) is 27.8. The van der Waals surface area contributed by atoms with Crippen molar-refractivity contribution in [1.82, 2.24) is 9.80 Å². The summed E-state index contributed by atoms with van der Waals surface area (Å²) in [5.41, 5.74) is 0. The Balaban J connectivity index is 2.45. The molecule has 4 nitrogen and oxygen atoms in total. The van der Waals surface area contributed by atoms with Crippen LogP contribution in [0.3, 0.4) is 0 Å². The molecule has 20 heavy (non-hydrogen) atoms. The van der Waals surface area contributed by atoms with Crippen LogP contribution in [0.2, 0.25) is 0 Å². The minimum atomic E-state index is 0.0805. The van der Waals surface area contributed by atoms with Crippen molar-refractivity contribution in [2.24, 2.45) is 0 Å². The SMILES string of the molecule is CCCCN(CCC(=O)N1CCCCC1CC)C(C)=O. The zero-order chi connectivity index (χ0) is 15.0. The molecule has 1 aliphatic rings. The molecule has 0 N–H and O–H groups in total. The van der Waals surface area contributed by atoms with Gasteiger partial charge in [0.05, 0.1) is 0 Å². The molecule has 0 saturated carbocycles. The summed E-state index contributed by atoms with van der Waals surface area (Å²) in [5, 5.41) is 0. The summed E-state index contributed by atoms with van der Waals surface area (Å²) < 4.78 is 0. The van der Waals surface area contributed by atoms with Gasteiger partial charge in [0.2, 0.25) is 11.8 Å². The van der Waals surface area contributed by atoms with Crippen LogP contribution in [0.5, 0.6) is 0 Å². The van der Waals surface area contributed by atoms with Crippen molar-refractivity contribution >= 4 is 11.8 Å². The Bertz CT molecular complexity index is 318. The molecule has 1 unspecified atom stereocenters. The van der Waals surface area contributed by atoms with Gasteiger partial charge in [-0.05, 0) is 32.1 Å². The van der Waals surface area contributed by atoms with Gasteiger partial charge in [0.15, 0.2) is 0 Å². The normalized spacial score (nSPS) is 18.9. The lowest BCUT2D eigenvalue weighted by atomic mass is 9.99. The first kappa shape index (κ1) is 17.0. The van der Waals surface area contributed by atoms with E-state index in [-0.39, 0.29) is 11.8 Å². The topological polar surface area (TPSA) is 40.6 Å². The van der Waals surface area contributed by atoms with Gasteiger partial charge in [-0.25, -0.2) is 0 Å². The molecule has 0 radical (unpaired) electrons. The summed E-state index contributed by atoms with van der Waals surface area (Å²) in [5.74, 6) is 0.302. The molecular weight excluding hydrogens is 252 g/mol. The number of hydrogen-bond acceptors (Lipinski definition) is 2. The van der Waals surface area contributed by atoms with Crippen LogP contribution in [0.4, 0.5) is 0 Å². The predicted molar refractivity (Wildman–Crippen MR) is 81.4 cm³/mol. The zero-order valence-electron chi connectivity index (χ0n) is 13.4. The standard InChI is InChI=1S/C16H30N2O2/c1-4-6-11-17(14(3)19)13-10-16(20)18-12-8-7-9-15(18)5-2/h15H,4-13H2,1-3H3. The van der Waals surface area contributed by atoms with E-state index in [1.54, 1.807) is 6.92 Å². The number of carbonyl (C=O) groups excluding carboxylic acids is 2. The minimum Gasteiger partial charge on any atom is -0.342 e. The monoisotopic (exact) mass is 282 g/mol. The van der Waals surface area contributed by atoms with Crippen LogP contribution < -0.4 is 0 Å². The summed E-state index contributed by atoms with van der Waals surface area (Å²) >= 11 is 0. The van der Waals surface area contributed by atoms with E-state index in [2.05, 4.69) is 13.8 Å². The van der Waals surface area contributed by atoms with E-state index in [9.17, 15) is 9.59 Å². The van der Waals surface area contributed by atoms with Crippen molar-refractivity contribution in [3.05, 3.63) is 0 Å². The number of amides is 2. The van der Waals surface area contributed by atoms with Gasteiger partial charge in [-0.15, -0.1) is 0 Å². The smallest absolute Gasteiger partial charge is 0.224 e. The zero-order valence-corrected chi connectivity index (χ0v) is 13.4. The molecule has 116 valence electrons. The van der Waals surface area contributed by atoms with Crippen LogP contribution in [0.15, 0.2) is 0 Å². The van der Waals surface area contributed by atoms with Crippen LogP contribution in [-0.4, -0.2) is 47.3 Å². The Morgan fingerprint density at radius 3 is 2.55 bits per heavy atom. The van der Waals surface area contributed by atoms with Gasteiger partial charge < -0.3 is 9.80 Å². The van der Waals surface area contributed by atoms with Crippen molar-refractivity contribution in [2.45, 2.75) is 71.8 Å². The van der Waals surface area contributed by atoms with Gasteiger partial charge in [0.25, 0.3) is 0 Å². The third kappa shape index (κ3) is 5.14. The number of hydrogen-bond donors (Lipinski definition) is 0. The Kier molecular flexibility index (Phi) is 7.63. The molecule has 1 fully saturated rings. The summed E-state index contributed by atoms with van der Waals surface area (Å²) in [6, 6.07) is 0.415. The Morgan fingerprint density at radius 2 is 1.95 bits per heavy atom. The molecule has 1 rings (SSSR count). The van der Waals surface area contributed by atoms with E-state index in [0.29, 0.717) is 19.0 Å². The van der Waals surface area contributed by atoms with Gasteiger partial charge in [-0.2, -0.15) is 0 Å². The highest BCUT2D eigenvalue weighted by atomic mass is 16.2. The third-order valence-electron chi connectivity index (χ3n) is 4.24. The van der Waals surface area contributed by atoms with Crippen LogP contribution in [0.1, 0.15) is 65.7 Å². The molecule has 1 aliphatic heterocycles. The van der Waals surface area contributed by atoms with E-state index in [1.807, 2.05) is 9.80 Å². The molecule has 1 saturated heterocycles. The van der Waals surface area contributed by atoms with E-state index in [0.717, 1.165) is 45.2 Å². The van der Waals surface area contributed by atoms with Crippen molar-refractivity contribution in [3.63, 3.8) is 0 Å². The molecule has 0 aromatic carbocycles. The van der Waals surface area contributed by atoms with Gasteiger partial charge in [0, 0.05) is 39.0 Å². The fourth-order valence-electron chi connectivity index (χ4n) is 2.90. The minimum absolute atomic E-state index is 0.0805. The maximum absolute atomic E-state index is 12.4. The van der Waals surface area contributed by atoms with Gasteiger partial charge in [-0.3, -0.25) is 9.59 Å². The lowest BCUT2D eigenvalue weighted by molar-refractivity contribution is -0.136. The number of nitrogens with zero attached hydrogens (tertiary/aromatic N) is 2. The Hall–Kier alpha value is -1.06. The van der Waals surface area contributed by atoms with E-state index in [4.69, 9.17) is 0 Å². The van der Waals surface area contributed by atoms with Gasteiger partial charge in [0.1, 0.15) is 0 Å². The first-order valence-electron chi connectivity index (χ1n) is 8.15. The second-order valence-corrected chi connectivity index (χ2v) is 5.75. The fraction of sp³-hybridized carbons (Fsp3) is 0.875.